The largest absolute Gasteiger partial charge is 0.508 e. The van der Waals surface area contributed by atoms with E-state index in [0.29, 0.717) is 25.8 Å². The Labute approximate surface area is 124 Å². The summed E-state index contributed by atoms with van der Waals surface area (Å²) >= 11 is 0. The smallest absolute Gasteiger partial charge is 0.323 e. The van der Waals surface area contributed by atoms with Crippen LogP contribution in [0.1, 0.15) is 25.3 Å². The summed E-state index contributed by atoms with van der Waals surface area (Å²) in [6, 6.07) is 5.65. The van der Waals surface area contributed by atoms with Gasteiger partial charge in [0.2, 0.25) is 6.29 Å². The molecule has 21 heavy (non-hydrogen) atoms. The van der Waals surface area contributed by atoms with E-state index in [-0.39, 0.29) is 5.75 Å². The van der Waals surface area contributed by atoms with Crippen molar-refractivity contribution in [1.82, 2.24) is 5.32 Å². The molecule has 2 atom stereocenters. The molecular formula is C15H21N2O4. The lowest BCUT2D eigenvalue weighted by atomic mass is 9.93. The van der Waals surface area contributed by atoms with Crippen LogP contribution in [0.2, 0.25) is 0 Å². The van der Waals surface area contributed by atoms with Crippen LogP contribution in [0.15, 0.2) is 24.3 Å². The Morgan fingerprint density at radius 1 is 1.43 bits per heavy atom. The van der Waals surface area contributed by atoms with Crippen LogP contribution in [0, 0.1) is 0 Å². The molecule has 5 N–H and O–H groups in total. The van der Waals surface area contributed by atoms with Gasteiger partial charge in [0.1, 0.15) is 11.3 Å². The normalized spacial score (nSPS) is 15.1. The van der Waals surface area contributed by atoms with Crippen LogP contribution in [-0.2, 0) is 16.0 Å². The first-order chi connectivity index (χ1) is 9.91. The van der Waals surface area contributed by atoms with E-state index in [9.17, 15) is 19.8 Å². The van der Waals surface area contributed by atoms with Crippen LogP contribution >= 0.6 is 0 Å². The number of phenolic OH excluding ortho intramolecular Hbond substituents is 1. The first-order valence-electron chi connectivity index (χ1n) is 6.78. The Morgan fingerprint density at radius 3 is 2.52 bits per heavy atom. The van der Waals surface area contributed by atoms with Gasteiger partial charge in [-0.05, 0) is 50.4 Å². The van der Waals surface area contributed by atoms with Crippen molar-refractivity contribution in [3.63, 3.8) is 0 Å². The van der Waals surface area contributed by atoms with Crippen molar-refractivity contribution in [1.29, 1.82) is 0 Å². The average Bonchev–Trinajstić information content (AvgIpc) is 2.46. The van der Waals surface area contributed by atoms with Crippen LogP contribution in [0.5, 0.6) is 5.75 Å². The van der Waals surface area contributed by atoms with Gasteiger partial charge in [0.25, 0.3) is 0 Å². The molecule has 6 nitrogen and oxygen atoms in total. The van der Waals surface area contributed by atoms with E-state index in [1.165, 1.54) is 19.1 Å². The van der Waals surface area contributed by atoms with Crippen LogP contribution in [-0.4, -0.2) is 40.6 Å². The number of carbonyl (C=O) groups excluding carboxylic acids is 1. The molecule has 0 fully saturated rings. The number of nitrogens with two attached hydrogens (primary N) is 1. The third kappa shape index (κ3) is 5.17. The highest BCUT2D eigenvalue weighted by molar-refractivity contribution is 5.79. The lowest BCUT2D eigenvalue weighted by molar-refractivity contribution is -0.144. The number of aromatic hydroxyl groups is 1. The van der Waals surface area contributed by atoms with Gasteiger partial charge in [-0.15, -0.1) is 0 Å². The molecule has 1 rings (SSSR count). The molecule has 6 heteroatoms. The number of hydrogen-bond donors (Lipinski definition) is 4. The van der Waals surface area contributed by atoms with Crippen LogP contribution in [0.25, 0.3) is 0 Å². The van der Waals surface area contributed by atoms with E-state index in [1.807, 2.05) is 6.29 Å². The van der Waals surface area contributed by atoms with Gasteiger partial charge >= 0.3 is 5.97 Å². The number of carbonyl (C=O) groups is 1. The number of carboxylic acid groups (broad SMARTS) is 1. The van der Waals surface area contributed by atoms with Crippen molar-refractivity contribution >= 4 is 12.3 Å². The number of nitrogens with one attached hydrogen (secondary N) is 1. The predicted molar refractivity (Wildman–Crippen MR) is 78.8 cm³/mol. The first-order valence-corrected chi connectivity index (χ1v) is 6.78. The van der Waals surface area contributed by atoms with Gasteiger partial charge < -0.3 is 15.9 Å². The van der Waals surface area contributed by atoms with Crippen molar-refractivity contribution in [2.75, 3.05) is 6.54 Å². The molecule has 0 aromatic heterocycles. The lowest BCUT2D eigenvalue weighted by Crippen LogP contribution is -2.55. The Balaban J connectivity index is 2.76. The summed E-state index contributed by atoms with van der Waals surface area (Å²) in [6.07, 6.45) is 3.00. The summed E-state index contributed by atoms with van der Waals surface area (Å²) in [7, 11) is 0. The fourth-order valence-corrected chi connectivity index (χ4v) is 2.07. The predicted octanol–water partition coefficient (Wildman–Crippen LogP) is 0.585. The minimum atomic E-state index is -1.22. The van der Waals surface area contributed by atoms with Crippen LogP contribution in [0.4, 0.5) is 0 Å². The summed E-state index contributed by atoms with van der Waals surface area (Å²) in [5.41, 5.74) is 5.00. The Morgan fingerprint density at radius 2 is 2.05 bits per heavy atom. The molecule has 0 aliphatic rings. The topological polar surface area (TPSA) is 113 Å². The maximum Gasteiger partial charge on any atom is 0.323 e. The molecule has 0 saturated carbocycles. The van der Waals surface area contributed by atoms with E-state index < -0.39 is 17.6 Å². The quantitative estimate of drug-likeness (QED) is 0.530. The molecule has 115 valence electrons. The zero-order valence-corrected chi connectivity index (χ0v) is 12.0. The highest BCUT2D eigenvalue weighted by Crippen LogP contribution is 2.16. The maximum atomic E-state index is 11.4. The Bertz CT molecular complexity index is 475. The molecule has 1 aromatic rings. The molecule has 1 aromatic carbocycles. The molecular weight excluding hydrogens is 272 g/mol. The highest BCUT2D eigenvalue weighted by Gasteiger charge is 2.34. The third-order valence-electron chi connectivity index (χ3n) is 3.36. The van der Waals surface area contributed by atoms with E-state index >= 15 is 0 Å². The molecule has 0 aliphatic heterocycles. The Kier molecular flexibility index (Phi) is 6.33. The molecule has 0 aliphatic carbocycles. The SMILES string of the molecule is CC(CCCN)(N[C@H]([C]=O)Cc1ccc(O)cc1)C(=O)O. The fraction of sp³-hybridized carbons (Fsp3) is 0.467. The molecule has 0 saturated heterocycles. The van der Waals surface area contributed by atoms with Gasteiger partial charge in [0.05, 0.1) is 6.04 Å². The van der Waals surface area contributed by atoms with Crippen molar-refractivity contribution in [2.24, 2.45) is 5.73 Å². The second kappa shape index (κ2) is 7.75. The fourth-order valence-electron chi connectivity index (χ4n) is 2.07. The van der Waals surface area contributed by atoms with Gasteiger partial charge in [0, 0.05) is 0 Å². The van der Waals surface area contributed by atoms with E-state index in [0.717, 1.165) is 5.56 Å². The van der Waals surface area contributed by atoms with E-state index in [1.54, 1.807) is 12.1 Å². The second-order valence-corrected chi connectivity index (χ2v) is 5.21. The van der Waals surface area contributed by atoms with Crippen molar-refractivity contribution in [3.8, 4) is 5.75 Å². The zero-order valence-electron chi connectivity index (χ0n) is 12.0. The van der Waals surface area contributed by atoms with Crippen molar-refractivity contribution < 1.29 is 19.8 Å². The molecule has 0 spiro atoms. The van der Waals surface area contributed by atoms with Gasteiger partial charge in [-0.25, -0.2) is 0 Å². The molecule has 0 heterocycles. The van der Waals surface area contributed by atoms with Gasteiger partial charge in [-0.3, -0.25) is 14.9 Å². The van der Waals surface area contributed by atoms with E-state index in [4.69, 9.17) is 5.73 Å². The third-order valence-corrected chi connectivity index (χ3v) is 3.36. The van der Waals surface area contributed by atoms with Crippen molar-refractivity contribution in [3.05, 3.63) is 29.8 Å². The highest BCUT2D eigenvalue weighted by atomic mass is 16.4. The van der Waals surface area contributed by atoms with Gasteiger partial charge in [0.15, 0.2) is 0 Å². The van der Waals surface area contributed by atoms with Gasteiger partial charge in [-0.1, -0.05) is 12.1 Å². The summed E-state index contributed by atoms with van der Waals surface area (Å²) in [5, 5.41) is 21.4. The summed E-state index contributed by atoms with van der Waals surface area (Å²) in [6.45, 7) is 1.92. The minimum Gasteiger partial charge on any atom is -0.508 e. The standard InChI is InChI=1S/C15H21N2O4/c1-15(14(20)21,7-2-8-16)17-12(10-18)9-11-3-5-13(19)6-4-11/h3-6,12,17,19H,2,7-9,16H2,1H3,(H,20,21)/t12-,15?/m0/s1. The number of carboxylic acids is 1. The summed E-state index contributed by atoms with van der Waals surface area (Å²) < 4.78 is 0. The average molecular weight is 293 g/mol. The molecule has 0 bridgehead atoms. The number of phenols is 1. The second-order valence-electron chi connectivity index (χ2n) is 5.21. The number of rotatable bonds is 9. The summed E-state index contributed by atoms with van der Waals surface area (Å²) in [5.74, 6) is -0.890. The van der Waals surface area contributed by atoms with Gasteiger partial charge in [-0.2, -0.15) is 0 Å². The summed E-state index contributed by atoms with van der Waals surface area (Å²) in [4.78, 5) is 22.5. The number of aliphatic carboxylic acids is 1. The first kappa shape index (κ1) is 17.1. The van der Waals surface area contributed by atoms with E-state index in [2.05, 4.69) is 5.32 Å². The van der Waals surface area contributed by atoms with Crippen LogP contribution < -0.4 is 11.1 Å². The number of hydrogen-bond acceptors (Lipinski definition) is 5. The number of benzene rings is 1. The van der Waals surface area contributed by atoms with Crippen LogP contribution in [0.3, 0.4) is 0 Å². The van der Waals surface area contributed by atoms with Crippen molar-refractivity contribution in [2.45, 2.75) is 37.8 Å². The lowest BCUT2D eigenvalue weighted by Gasteiger charge is -2.29. The zero-order chi connectivity index (χ0) is 15.9. The molecule has 1 radical (unpaired) electrons. The maximum absolute atomic E-state index is 11.4. The minimum absolute atomic E-state index is 0.136. The molecule has 0 amide bonds. The molecule has 1 unspecified atom stereocenters. The Hall–Kier alpha value is -1.92. The monoisotopic (exact) mass is 293 g/mol.